The van der Waals surface area contributed by atoms with Gasteiger partial charge in [-0.1, -0.05) is 12.1 Å². The van der Waals surface area contributed by atoms with Crippen molar-refractivity contribution in [2.45, 2.75) is 39.7 Å². The second-order valence-corrected chi connectivity index (χ2v) is 5.79. The molecular formula is C17H21N3O2. The molecule has 0 saturated carbocycles. The van der Waals surface area contributed by atoms with E-state index >= 15 is 0 Å². The van der Waals surface area contributed by atoms with Crippen LogP contribution in [0, 0.1) is 13.8 Å². The first-order chi connectivity index (χ1) is 10.6. The van der Waals surface area contributed by atoms with E-state index in [4.69, 9.17) is 4.84 Å². The Hall–Kier alpha value is -2.30. The summed E-state index contributed by atoms with van der Waals surface area (Å²) in [5.74, 6) is -0.0753. The predicted molar refractivity (Wildman–Crippen MR) is 87.3 cm³/mol. The van der Waals surface area contributed by atoms with E-state index in [1.165, 1.54) is 5.56 Å². The van der Waals surface area contributed by atoms with E-state index in [9.17, 15) is 4.79 Å². The summed E-state index contributed by atoms with van der Waals surface area (Å²) in [4.78, 5) is 20.9. The topological polar surface area (TPSA) is 66.5 Å². The van der Waals surface area contributed by atoms with Crippen molar-refractivity contribution in [3.63, 3.8) is 0 Å². The lowest BCUT2D eigenvalue weighted by atomic mass is 10.1. The maximum Gasteiger partial charge on any atom is 0.251 e. The van der Waals surface area contributed by atoms with Gasteiger partial charge in [-0.2, -0.15) is 0 Å². The Labute approximate surface area is 129 Å². The molecule has 1 aliphatic heterocycles. The van der Waals surface area contributed by atoms with Gasteiger partial charge in [0, 0.05) is 28.6 Å². The van der Waals surface area contributed by atoms with Gasteiger partial charge in [-0.05, 0) is 44.0 Å². The summed E-state index contributed by atoms with van der Waals surface area (Å²) >= 11 is 0. The third-order valence-electron chi connectivity index (χ3n) is 4.26. The van der Waals surface area contributed by atoms with Crippen molar-refractivity contribution in [3.8, 4) is 0 Å². The van der Waals surface area contributed by atoms with Crippen LogP contribution in [0.2, 0.25) is 0 Å². The molecule has 0 spiro atoms. The van der Waals surface area contributed by atoms with Crippen molar-refractivity contribution >= 4 is 22.5 Å². The maximum absolute atomic E-state index is 12.3. The molecule has 1 aromatic heterocycles. The van der Waals surface area contributed by atoms with Crippen LogP contribution in [0.5, 0.6) is 0 Å². The zero-order valence-corrected chi connectivity index (χ0v) is 13.2. The molecule has 3 rings (SSSR count). The second-order valence-electron chi connectivity index (χ2n) is 5.79. The first kappa shape index (κ1) is 14.6. The van der Waals surface area contributed by atoms with Crippen molar-refractivity contribution in [2.24, 2.45) is 5.16 Å². The number of aromatic amines is 1. The van der Waals surface area contributed by atoms with Gasteiger partial charge in [-0.15, -0.1) is 0 Å². The number of carbonyl (C=O) groups is 1. The highest BCUT2D eigenvalue weighted by atomic mass is 16.6. The molecule has 0 bridgehead atoms. The smallest absolute Gasteiger partial charge is 0.251 e. The Bertz CT molecular complexity index is 746. The average Bonchev–Trinajstić information content (AvgIpc) is 3.10. The van der Waals surface area contributed by atoms with E-state index in [2.05, 4.69) is 29.3 Å². The number of benzene rings is 1. The van der Waals surface area contributed by atoms with Crippen LogP contribution in [-0.2, 0) is 4.84 Å². The molecule has 2 heterocycles. The number of carbonyl (C=O) groups excluding carboxylic acids is 1. The molecule has 5 nitrogen and oxygen atoms in total. The molecule has 0 unspecified atom stereocenters. The number of H-pyrrole nitrogens is 1. The van der Waals surface area contributed by atoms with Crippen LogP contribution in [0.15, 0.2) is 23.4 Å². The number of nitrogens with zero attached hydrogens (tertiary/aromatic N) is 1. The minimum Gasteiger partial charge on any atom is -0.390 e. The van der Waals surface area contributed by atoms with Crippen LogP contribution < -0.4 is 5.32 Å². The van der Waals surface area contributed by atoms with Gasteiger partial charge in [-0.25, -0.2) is 0 Å². The van der Waals surface area contributed by atoms with Crippen LogP contribution in [-0.4, -0.2) is 29.3 Å². The van der Waals surface area contributed by atoms with E-state index in [0.29, 0.717) is 12.1 Å². The number of aromatic nitrogens is 1. The molecule has 0 aliphatic carbocycles. The first-order valence-electron chi connectivity index (χ1n) is 7.67. The highest BCUT2D eigenvalue weighted by Gasteiger charge is 2.20. The largest absolute Gasteiger partial charge is 0.390 e. The van der Waals surface area contributed by atoms with E-state index in [0.717, 1.165) is 35.2 Å². The monoisotopic (exact) mass is 299 g/mol. The van der Waals surface area contributed by atoms with E-state index < -0.39 is 0 Å². The third kappa shape index (κ3) is 2.71. The molecular weight excluding hydrogens is 278 g/mol. The lowest BCUT2D eigenvalue weighted by Crippen LogP contribution is -2.32. The fourth-order valence-corrected chi connectivity index (χ4v) is 2.72. The fraction of sp³-hybridized carbons (Fsp3) is 0.412. The van der Waals surface area contributed by atoms with Gasteiger partial charge in [0.2, 0.25) is 0 Å². The second kappa shape index (κ2) is 5.83. The molecule has 1 atom stereocenters. The summed E-state index contributed by atoms with van der Waals surface area (Å²) in [5, 5.41) is 8.03. The minimum absolute atomic E-state index is 0.0427. The Morgan fingerprint density at radius 1 is 1.45 bits per heavy atom. The quantitative estimate of drug-likeness (QED) is 0.911. The van der Waals surface area contributed by atoms with E-state index in [-0.39, 0.29) is 12.0 Å². The lowest BCUT2D eigenvalue weighted by Gasteiger charge is -2.10. The van der Waals surface area contributed by atoms with Crippen LogP contribution in [0.3, 0.4) is 0 Å². The fourth-order valence-electron chi connectivity index (χ4n) is 2.72. The molecule has 1 amide bonds. The molecule has 2 aromatic rings. The van der Waals surface area contributed by atoms with Crippen molar-refractivity contribution in [1.82, 2.24) is 10.3 Å². The highest BCUT2D eigenvalue weighted by Crippen LogP contribution is 2.22. The molecule has 116 valence electrons. The molecule has 22 heavy (non-hydrogen) atoms. The van der Waals surface area contributed by atoms with Gasteiger partial charge >= 0.3 is 0 Å². The summed E-state index contributed by atoms with van der Waals surface area (Å²) in [7, 11) is 0. The van der Waals surface area contributed by atoms with Gasteiger partial charge < -0.3 is 15.1 Å². The van der Waals surface area contributed by atoms with E-state index in [1.54, 1.807) is 0 Å². The number of aryl methyl sites for hydroxylation is 2. The van der Waals surface area contributed by atoms with Crippen molar-refractivity contribution in [1.29, 1.82) is 0 Å². The van der Waals surface area contributed by atoms with Crippen LogP contribution >= 0.6 is 0 Å². The minimum atomic E-state index is -0.0753. The number of amides is 1. The Balaban J connectivity index is 1.66. The molecule has 1 aromatic carbocycles. The first-order valence-corrected chi connectivity index (χ1v) is 7.67. The van der Waals surface area contributed by atoms with Crippen molar-refractivity contribution < 1.29 is 9.63 Å². The number of oxime groups is 1. The van der Waals surface area contributed by atoms with Crippen LogP contribution in [0.1, 0.15) is 41.4 Å². The molecule has 5 heteroatoms. The van der Waals surface area contributed by atoms with Gasteiger partial charge in [0.05, 0.1) is 12.3 Å². The summed E-state index contributed by atoms with van der Waals surface area (Å²) in [6.07, 6.45) is 1.65. The van der Waals surface area contributed by atoms with Crippen LogP contribution in [0.25, 0.3) is 10.9 Å². The standard InChI is InChI=1S/C17H21N3O2/c1-4-13-8-14(22-20-13)9-18-17(21)12-5-6-16-15(7-12)10(2)11(3)19-16/h5-7,14,19H,4,8-9H2,1-3H3,(H,18,21)/t14-/m0/s1. The highest BCUT2D eigenvalue weighted by molar-refractivity contribution is 5.99. The molecule has 0 saturated heterocycles. The Morgan fingerprint density at radius 3 is 3.00 bits per heavy atom. The summed E-state index contributed by atoms with van der Waals surface area (Å²) in [5.41, 5.74) is 5.11. The van der Waals surface area contributed by atoms with Crippen LogP contribution in [0.4, 0.5) is 0 Å². The van der Waals surface area contributed by atoms with E-state index in [1.807, 2.05) is 25.1 Å². The molecule has 1 aliphatic rings. The average molecular weight is 299 g/mol. The Kier molecular flexibility index (Phi) is 3.88. The maximum atomic E-state index is 12.3. The van der Waals surface area contributed by atoms with Gasteiger partial charge in [0.25, 0.3) is 5.91 Å². The zero-order valence-electron chi connectivity index (χ0n) is 13.2. The number of hydrogen-bond donors (Lipinski definition) is 2. The summed E-state index contributed by atoms with van der Waals surface area (Å²) < 4.78 is 0. The molecule has 2 N–H and O–H groups in total. The number of fused-ring (bicyclic) bond motifs is 1. The predicted octanol–water partition coefficient (Wildman–Crippen LogP) is 3.07. The molecule has 0 radical (unpaired) electrons. The normalized spacial score (nSPS) is 17.4. The van der Waals surface area contributed by atoms with Crippen molar-refractivity contribution in [2.75, 3.05) is 6.54 Å². The summed E-state index contributed by atoms with van der Waals surface area (Å²) in [6.45, 7) is 6.64. The molecule has 0 fully saturated rings. The lowest BCUT2D eigenvalue weighted by molar-refractivity contribution is 0.0753. The summed E-state index contributed by atoms with van der Waals surface area (Å²) in [6, 6.07) is 5.73. The number of nitrogens with one attached hydrogen (secondary N) is 2. The number of hydrogen-bond acceptors (Lipinski definition) is 3. The van der Waals surface area contributed by atoms with Gasteiger partial charge in [0.1, 0.15) is 6.10 Å². The zero-order chi connectivity index (χ0) is 15.7. The van der Waals surface area contributed by atoms with Gasteiger partial charge in [-0.3, -0.25) is 4.79 Å². The SMILES string of the molecule is CCC1=NO[C@H](CNC(=O)c2ccc3[nH]c(C)c(C)c3c2)C1. The number of rotatable bonds is 4. The Morgan fingerprint density at radius 2 is 2.27 bits per heavy atom. The van der Waals surface area contributed by atoms with Crippen molar-refractivity contribution in [3.05, 3.63) is 35.0 Å². The third-order valence-corrected chi connectivity index (χ3v) is 4.26. The van der Waals surface area contributed by atoms with Gasteiger partial charge in [0.15, 0.2) is 0 Å².